The van der Waals surface area contributed by atoms with Crippen molar-refractivity contribution in [1.29, 1.82) is 0 Å². The van der Waals surface area contributed by atoms with Crippen LogP contribution in [-0.2, 0) is 6.42 Å². The molecule has 0 N–H and O–H groups in total. The summed E-state index contributed by atoms with van der Waals surface area (Å²) in [5.74, 6) is 7.34. The fraction of sp³-hybridized carbons (Fsp3) is 0.186. The summed E-state index contributed by atoms with van der Waals surface area (Å²) < 4.78 is 48.5. The predicted octanol–water partition coefficient (Wildman–Crippen LogP) is 7.01. The minimum atomic E-state index is -0.718. The van der Waals surface area contributed by atoms with Gasteiger partial charge in [-0.3, -0.25) is 4.79 Å². The third-order valence-corrected chi connectivity index (χ3v) is 8.27. The Morgan fingerprint density at radius 2 is 0.855 bits per heavy atom. The summed E-state index contributed by atoms with van der Waals surface area (Å²) in [7, 11) is 10.2. The first-order valence-corrected chi connectivity index (χ1v) is 16.6. The van der Waals surface area contributed by atoms with Crippen LogP contribution < -0.4 is 42.6 Å². The molecule has 12 nitrogen and oxygen atoms in total. The average Bonchev–Trinajstić information content (AvgIpc) is 3.22. The maximum Gasteiger partial charge on any atom is 0.347 e. The highest BCUT2D eigenvalue weighted by atomic mass is 16.6. The van der Waals surface area contributed by atoms with Crippen LogP contribution in [-0.4, -0.2) is 67.5 Å². The standard InChI is InChI=1S/C43H38O12/c1-47-35-24-40(52-6)38(50-4)22-31(35)42(45)54-30-17-14-27(15-18-30)9-8-26-10-12-28(13-11-26)20-33(44)29-16-19-34(37(21-29)49-3)55-43(46)32-23-39(51-5)41(53-7)25-36(32)48-2/h10-19,21-25H,20H2,1-7H3. The van der Waals surface area contributed by atoms with E-state index in [-0.39, 0.29) is 46.3 Å². The Labute approximate surface area is 318 Å². The summed E-state index contributed by atoms with van der Waals surface area (Å²) in [6.07, 6.45) is 0.119. The van der Waals surface area contributed by atoms with Crippen LogP contribution >= 0.6 is 0 Å². The van der Waals surface area contributed by atoms with Gasteiger partial charge in [0.25, 0.3) is 0 Å². The van der Waals surface area contributed by atoms with Crippen molar-refractivity contribution >= 4 is 17.7 Å². The van der Waals surface area contributed by atoms with Crippen LogP contribution in [0, 0.1) is 11.8 Å². The Hall–Kier alpha value is -7.13. The SMILES string of the molecule is COc1cc(OC)c(C(=O)Oc2ccc(C#Cc3ccc(CC(=O)c4ccc(OC(=O)c5cc(OC)c(OC)cc5OC)c(OC)c4)cc3)cc2)cc1OC. The van der Waals surface area contributed by atoms with E-state index in [9.17, 15) is 14.4 Å². The van der Waals surface area contributed by atoms with Crippen molar-refractivity contribution in [3.63, 3.8) is 0 Å². The summed E-state index contributed by atoms with van der Waals surface area (Å²) >= 11 is 0. The number of benzene rings is 5. The third-order valence-electron chi connectivity index (χ3n) is 8.27. The summed E-state index contributed by atoms with van der Waals surface area (Å²) in [6.45, 7) is 0. The summed E-state index contributed by atoms with van der Waals surface area (Å²) in [6, 6.07) is 24.7. The third kappa shape index (κ3) is 9.27. The second kappa shape index (κ2) is 18.1. The molecule has 0 aromatic heterocycles. The Bertz CT molecular complexity index is 2250. The molecule has 5 rings (SSSR count). The number of ether oxygens (including phenoxy) is 9. The molecule has 0 bridgehead atoms. The molecule has 0 saturated carbocycles. The topological polar surface area (TPSA) is 134 Å². The largest absolute Gasteiger partial charge is 0.496 e. The molecule has 5 aromatic rings. The quantitative estimate of drug-likeness (QED) is 0.0501. The van der Waals surface area contributed by atoms with Gasteiger partial charge in [0.2, 0.25) is 0 Å². The zero-order valence-corrected chi connectivity index (χ0v) is 31.3. The van der Waals surface area contributed by atoms with E-state index in [1.165, 1.54) is 80.1 Å². The van der Waals surface area contributed by atoms with Gasteiger partial charge in [0, 0.05) is 47.4 Å². The molecule has 0 aliphatic rings. The number of carbonyl (C=O) groups is 3. The first-order valence-electron chi connectivity index (χ1n) is 16.6. The van der Waals surface area contributed by atoms with Gasteiger partial charge < -0.3 is 42.6 Å². The number of esters is 2. The van der Waals surface area contributed by atoms with Crippen LogP contribution in [0.4, 0.5) is 0 Å². The first-order chi connectivity index (χ1) is 26.6. The van der Waals surface area contributed by atoms with E-state index in [1.807, 2.05) is 24.3 Å². The van der Waals surface area contributed by atoms with Gasteiger partial charge >= 0.3 is 11.9 Å². The lowest BCUT2D eigenvalue weighted by Crippen LogP contribution is -2.12. The van der Waals surface area contributed by atoms with E-state index in [1.54, 1.807) is 36.4 Å². The predicted molar refractivity (Wildman–Crippen MR) is 202 cm³/mol. The minimum Gasteiger partial charge on any atom is -0.496 e. The number of rotatable bonds is 14. The van der Waals surface area contributed by atoms with Crippen LogP contribution in [0.25, 0.3) is 0 Å². The lowest BCUT2D eigenvalue weighted by Gasteiger charge is -2.15. The van der Waals surface area contributed by atoms with Gasteiger partial charge in [0.05, 0.1) is 49.8 Å². The van der Waals surface area contributed by atoms with Crippen LogP contribution in [0.15, 0.2) is 91.0 Å². The van der Waals surface area contributed by atoms with Crippen LogP contribution in [0.1, 0.15) is 47.8 Å². The lowest BCUT2D eigenvalue weighted by molar-refractivity contribution is 0.0718. The molecule has 0 amide bonds. The van der Waals surface area contributed by atoms with Crippen LogP contribution in [0.5, 0.6) is 51.7 Å². The molecule has 0 heterocycles. The van der Waals surface area contributed by atoms with Crippen LogP contribution in [0.3, 0.4) is 0 Å². The Morgan fingerprint density at radius 3 is 1.33 bits per heavy atom. The highest BCUT2D eigenvalue weighted by Crippen LogP contribution is 2.37. The van der Waals surface area contributed by atoms with Gasteiger partial charge in [-0.1, -0.05) is 24.0 Å². The normalized spacial score (nSPS) is 10.2. The van der Waals surface area contributed by atoms with Crippen LogP contribution in [0.2, 0.25) is 0 Å². The van der Waals surface area contributed by atoms with Gasteiger partial charge in [0.15, 0.2) is 40.3 Å². The van der Waals surface area contributed by atoms with Crippen molar-refractivity contribution in [2.75, 3.05) is 49.8 Å². The monoisotopic (exact) mass is 746 g/mol. The highest BCUT2D eigenvalue weighted by molar-refractivity contribution is 5.99. The van der Waals surface area contributed by atoms with Crippen molar-refractivity contribution in [1.82, 2.24) is 0 Å². The maximum absolute atomic E-state index is 13.2. The van der Waals surface area contributed by atoms with E-state index in [4.69, 9.17) is 42.6 Å². The van der Waals surface area contributed by atoms with Crippen molar-refractivity contribution in [2.45, 2.75) is 6.42 Å². The first kappa shape index (κ1) is 39.1. The van der Waals surface area contributed by atoms with E-state index < -0.39 is 11.9 Å². The number of carbonyl (C=O) groups excluding carboxylic acids is 3. The number of ketones is 1. The van der Waals surface area contributed by atoms with Gasteiger partial charge in [0.1, 0.15) is 28.4 Å². The molecule has 0 fully saturated rings. The summed E-state index contributed by atoms with van der Waals surface area (Å²) in [5.41, 5.74) is 2.89. The molecular formula is C43H38O12. The van der Waals surface area contributed by atoms with E-state index in [0.717, 1.165) is 11.1 Å². The van der Waals surface area contributed by atoms with E-state index >= 15 is 0 Å². The second-order valence-electron chi connectivity index (χ2n) is 11.5. The van der Waals surface area contributed by atoms with Gasteiger partial charge in [-0.15, -0.1) is 0 Å². The molecule has 0 unspecified atom stereocenters. The van der Waals surface area contributed by atoms with Gasteiger partial charge in [-0.05, 0) is 60.2 Å². The van der Waals surface area contributed by atoms with Crippen molar-refractivity contribution in [3.05, 3.63) is 124 Å². The van der Waals surface area contributed by atoms with Crippen molar-refractivity contribution in [3.8, 4) is 63.6 Å². The minimum absolute atomic E-state index is 0.112. The van der Waals surface area contributed by atoms with Crippen molar-refractivity contribution < 1.29 is 57.0 Å². The Balaban J connectivity index is 1.20. The number of hydrogen-bond donors (Lipinski definition) is 0. The van der Waals surface area contributed by atoms with Gasteiger partial charge in [-0.2, -0.15) is 0 Å². The molecule has 0 aliphatic carbocycles. The molecule has 55 heavy (non-hydrogen) atoms. The van der Waals surface area contributed by atoms with E-state index in [2.05, 4.69) is 11.8 Å². The molecule has 0 aliphatic heterocycles. The average molecular weight is 747 g/mol. The zero-order chi connectivity index (χ0) is 39.5. The molecule has 0 radical (unpaired) electrons. The maximum atomic E-state index is 13.2. The molecule has 0 atom stereocenters. The Morgan fingerprint density at radius 1 is 0.436 bits per heavy atom. The highest BCUT2D eigenvalue weighted by Gasteiger charge is 2.22. The van der Waals surface area contributed by atoms with E-state index in [0.29, 0.717) is 39.9 Å². The van der Waals surface area contributed by atoms with Gasteiger partial charge in [-0.25, -0.2) is 9.59 Å². The molecule has 0 saturated heterocycles. The summed E-state index contributed by atoms with van der Waals surface area (Å²) in [4.78, 5) is 39.3. The molecule has 282 valence electrons. The number of methoxy groups -OCH3 is 7. The lowest BCUT2D eigenvalue weighted by atomic mass is 10.0. The zero-order valence-electron chi connectivity index (χ0n) is 31.3. The number of Topliss-reactive ketones (excluding diaryl/α,β-unsaturated/α-hetero) is 1. The smallest absolute Gasteiger partial charge is 0.347 e. The fourth-order valence-electron chi connectivity index (χ4n) is 5.36. The molecular weight excluding hydrogens is 708 g/mol. The molecule has 0 spiro atoms. The molecule has 12 heteroatoms. The summed E-state index contributed by atoms with van der Waals surface area (Å²) in [5, 5.41) is 0. The fourth-order valence-corrected chi connectivity index (χ4v) is 5.36. The Kier molecular flexibility index (Phi) is 12.8. The second-order valence-corrected chi connectivity index (χ2v) is 11.5. The van der Waals surface area contributed by atoms with Crippen molar-refractivity contribution in [2.24, 2.45) is 0 Å². The molecule has 5 aromatic carbocycles. The number of hydrogen-bond acceptors (Lipinski definition) is 12.